The van der Waals surface area contributed by atoms with E-state index < -0.39 is 0 Å². The lowest BCUT2D eigenvalue weighted by atomic mass is 10.0. The molecule has 0 heterocycles. The number of amides is 1. The van der Waals surface area contributed by atoms with Crippen LogP contribution in [0.1, 0.15) is 41.5 Å². The third-order valence-electron chi connectivity index (χ3n) is 1.74. The highest BCUT2D eigenvalue weighted by Gasteiger charge is 2.23. The minimum absolute atomic E-state index is 0.0455. The second-order valence-corrected chi connectivity index (χ2v) is 4.69. The Morgan fingerprint density at radius 1 is 1.33 bits per heavy atom. The fourth-order valence-electron chi connectivity index (χ4n) is 1.24. The second-order valence-electron chi connectivity index (χ2n) is 4.69. The first-order chi connectivity index (χ1) is 5.25. The van der Waals surface area contributed by atoms with Gasteiger partial charge in [0, 0.05) is 19.0 Å². The largest absolute Gasteiger partial charge is 0.338 e. The molecule has 0 radical (unpaired) electrons. The van der Waals surface area contributed by atoms with Gasteiger partial charge in [0.05, 0.1) is 0 Å². The zero-order valence-corrected chi connectivity index (χ0v) is 9.14. The molecule has 72 valence electrons. The molecule has 0 aliphatic carbocycles. The topological polar surface area (TPSA) is 20.3 Å². The average molecular weight is 171 g/mol. The summed E-state index contributed by atoms with van der Waals surface area (Å²) in [5.74, 6) is 0.698. The summed E-state index contributed by atoms with van der Waals surface area (Å²) in [6, 6.07) is 0. The van der Waals surface area contributed by atoms with Crippen molar-refractivity contribution in [1.82, 2.24) is 4.90 Å². The van der Waals surface area contributed by atoms with Gasteiger partial charge in [0.2, 0.25) is 5.91 Å². The van der Waals surface area contributed by atoms with Gasteiger partial charge < -0.3 is 4.90 Å². The molecular weight excluding hydrogens is 150 g/mol. The molecule has 2 nitrogen and oxygen atoms in total. The van der Waals surface area contributed by atoms with Crippen LogP contribution >= 0.6 is 0 Å². The molecule has 0 saturated carbocycles. The van der Waals surface area contributed by atoms with Gasteiger partial charge in [-0.3, -0.25) is 4.79 Å². The maximum absolute atomic E-state index is 11.3. The standard InChI is InChI=1S/C10H21NO/c1-8(2)7-11(9(3)12)10(4,5)6/h8H,7H2,1-6H3. The van der Waals surface area contributed by atoms with Gasteiger partial charge in [-0.2, -0.15) is 0 Å². The van der Waals surface area contributed by atoms with Crippen LogP contribution < -0.4 is 0 Å². The summed E-state index contributed by atoms with van der Waals surface area (Å²) in [7, 11) is 0. The van der Waals surface area contributed by atoms with Crippen LogP contribution in [-0.4, -0.2) is 22.9 Å². The van der Waals surface area contributed by atoms with Crippen LogP contribution in [-0.2, 0) is 4.79 Å². The van der Waals surface area contributed by atoms with Gasteiger partial charge in [-0.1, -0.05) is 13.8 Å². The number of hydrogen-bond donors (Lipinski definition) is 0. The normalized spacial score (nSPS) is 11.9. The first-order valence-electron chi connectivity index (χ1n) is 4.53. The van der Waals surface area contributed by atoms with Gasteiger partial charge in [0.1, 0.15) is 0 Å². The van der Waals surface area contributed by atoms with Crippen LogP contribution in [0, 0.1) is 5.92 Å². The second kappa shape index (κ2) is 3.92. The van der Waals surface area contributed by atoms with Gasteiger partial charge in [-0.25, -0.2) is 0 Å². The minimum atomic E-state index is -0.0455. The van der Waals surface area contributed by atoms with E-state index in [9.17, 15) is 4.79 Å². The number of carbonyl (C=O) groups is 1. The van der Waals surface area contributed by atoms with Crippen LogP contribution in [0.3, 0.4) is 0 Å². The van der Waals surface area contributed by atoms with Gasteiger partial charge in [-0.05, 0) is 26.7 Å². The highest BCUT2D eigenvalue weighted by Crippen LogP contribution is 2.15. The van der Waals surface area contributed by atoms with Crippen molar-refractivity contribution in [2.24, 2.45) is 5.92 Å². The van der Waals surface area contributed by atoms with E-state index in [4.69, 9.17) is 0 Å². The first-order valence-corrected chi connectivity index (χ1v) is 4.53. The molecule has 0 aromatic heterocycles. The van der Waals surface area contributed by atoms with E-state index in [2.05, 4.69) is 34.6 Å². The predicted octanol–water partition coefficient (Wildman–Crippen LogP) is 2.29. The fourth-order valence-corrected chi connectivity index (χ4v) is 1.24. The van der Waals surface area contributed by atoms with E-state index in [-0.39, 0.29) is 11.4 Å². The third-order valence-corrected chi connectivity index (χ3v) is 1.74. The van der Waals surface area contributed by atoms with Gasteiger partial charge >= 0.3 is 0 Å². The summed E-state index contributed by atoms with van der Waals surface area (Å²) < 4.78 is 0. The molecule has 2 heteroatoms. The summed E-state index contributed by atoms with van der Waals surface area (Å²) in [4.78, 5) is 13.2. The Bertz CT molecular complexity index is 156. The molecule has 0 atom stereocenters. The van der Waals surface area contributed by atoms with Crippen LogP contribution in [0.15, 0.2) is 0 Å². The maximum Gasteiger partial charge on any atom is 0.219 e. The number of nitrogens with zero attached hydrogens (tertiary/aromatic N) is 1. The molecule has 0 bridgehead atoms. The summed E-state index contributed by atoms with van der Waals surface area (Å²) in [5, 5.41) is 0. The Morgan fingerprint density at radius 2 is 1.75 bits per heavy atom. The van der Waals surface area contributed by atoms with Gasteiger partial charge in [-0.15, -0.1) is 0 Å². The average Bonchev–Trinajstić information content (AvgIpc) is 1.79. The van der Waals surface area contributed by atoms with Crippen molar-refractivity contribution in [2.75, 3.05) is 6.54 Å². The monoisotopic (exact) mass is 171 g/mol. The lowest BCUT2D eigenvalue weighted by molar-refractivity contribution is -0.134. The molecule has 0 N–H and O–H groups in total. The van der Waals surface area contributed by atoms with Crippen molar-refractivity contribution < 1.29 is 4.79 Å². The Labute approximate surface area is 75.9 Å². The molecule has 0 aliphatic rings. The van der Waals surface area contributed by atoms with E-state index >= 15 is 0 Å². The molecule has 0 fully saturated rings. The van der Waals surface area contributed by atoms with E-state index in [0.717, 1.165) is 6.54 Å². The molecule has 1 amide bonds. The summed E-state index contributed by atoms with van der Waals surface area (Å²) in [6.07, 6.45) is 0. The highest BCUT2D eigenvalue weighted by atomic mass is 16.2. The summed E-state index contributed by atoms with van der Waals surface area (Å²) >= 11 is 0. The molecular formula is C10H21NO. The number of hydrogen-bond acceptors (Lipinski definition) is 1. The molecule has 0 saturated heterocycles. The molecule has 0 rings (SSSR count). The smallest absolute Gasteiger partial charge is 0.219 e. The van der Waals surface area contributed by atoms with Crippen LogP contribution in [0.5, 0.6) is 0 Å². The summed E-state index contributed by atoms with van der Waals surface area (Å²) in [5.41, 5.74) is -0.0455. The Morgan fingerprint density at radius 3 is 1.83 bits per heavy atom. The van der Waals surface area contributed by atoms with Gasteiger partial charge in [0.25, 0.3) is 0 Å². The van der Waals surface area contributed by atoms with E-state index in [1.165, 1.54) is 0 Å². The fraction of sp³-hybridized carbons (Fsp3) is 0.900. The third kappa shape index (κ3) is 3.74. The lowest BCUT2D eigenvalue weighted by Crippen LogP contribution is -2.46. The van der Waals surface area contributed by atoms with Crippen molar-refractivity contribution in [2.45, 2.75) is 47.1 Å². The minimum Gasteiger partial charge on any atom is -0.338 e. The molecule has 0 aromatic rings. The Hall–Kier alpha value is -0.530. The van der Waals surface area contributed by atoms with Crippen molar-refractivity contribution in [1.29, 1.82) is 0 Å². The van der Waals surface area contributed by atoms with Crippen LogP contribution in [0.4, 0.5) is 0 Å². The van der Waals surface area contributed by atoms with Crippen molar-refractivity contribution in [3.8, 4) is 0 Å². The summed E-state index contributed by atoms with van der Waals surface area (Å²) in [6.45, 7) is 12.9. The van der Waals surface area contributed by atoms with Gasteiger partial charge in [0.15, 0.2) is 0 Å². The Balaban J connectivity index is 4.35. The molecule has 0 spiro atoms. The zero-order valence-electron chi connectivity index (χ0n) is 9.14. The van der Waals surface area contributed by atoms with Crippen molar-refractivity contribution >= 4 is 5.91 Å². The van der Waals surface area contributed by atoms with E-state index in [0.29, 0.717) is 5.92 Å². The Kier molecular flexibility index (Phi) is 3.75. The zero-order chi connectivity index (χ0) is 9.94. The SMILES string of the molecule is CC(=O)N(CC(C)C)C(C)(C)C. The number of rotatable bonds is 2. The quantitative estimate of drug-likeness (QED) is 0.624. The number of carbonyl (C=O) groups excluding carboxylic acids is 1. The van der Waals surface area contributed by atoms with Crippen LogP contribution in [0.25, 0.3) is 0 Å². The highest BCUT2D eigenvalue weighted by molar-refractivity contribution is 5.74. The van der Waals surface area contributed by atoms with E-state index in [1.807, 2.05) is 4.90 Å². The first kappa shape index (κ1) is 11.5. The molecule has 0 unspecified atom stereocenters. The van der Waals surface area contributed by atoms with E-state index in [1.54, 1.807) is 6.92 Å². The lowest BCUT2D eigenvalue weighted by Gasteiger charge is -2.36. The molecule has 0 aliphatic heterocycles. The van der Waals surface area contributed by atoms with Crippen molar-refractivity contribution in [3.05, 3.63) is 0 Å². The molecule has 0 aromatic carbocycles. The van der Waals surface area contributed by atoms with Crippen LogP contribution in [0.2, 0.25) is 0 Å². The van der Waals surface area contributed by atoms with Crippen molar-refractivity contribution in [3.63, 3.8) is 0 Å². The molecule has 12 heavy (non-hydrogen) atoms. The maximum atomic E-state index is 11.3. The predicted molar refractivity (Wildman–Crippen MR) is 52.0 cm³/mol.